The molecule has 3 aromatic rings. The number of methoxy groups -OCH3 is 1. The maximum Gasteiger partial charge on any atom is 0.293 e. The van der Waals surface area contributed by atoms with E-state index in [1.807, 2.05) is 19.1 Å². The molecule has 0 aliphatic heterocycles. The van der Waals surface area contributed by atoms with Crippen molar-refractivity contribution in [1.29, 1.82) is 0 Å². The number of pyridine rings is 2. The van der Waals surface area contributed by atoms with Crippen molar-refractivity contribution in [1.82, 2.24) is 15.3 Å². The molecule has 1 atom stereocenters. The second-order valence-corrected chi connectivity index (χ2v) is 6.46. The molecule has 1 unspecified atom stereocenters. The van der Waals surface area contributed by atoms with Crippen LogP contribution in [-0.2, 0) is 6.54 Å². The van der Waals surface area contributed by atoms with Crippen LogP contribution in [0.5, 0.6) is 5.88 Å². The van der Waals surface area contributed by atoms with Gasteiger partial charge >= 0.3 is 0 Å². The third kappa shape index (κ3) is 4.88. The fourth-order valence-electron chi connectivity index (χ4n) is 2.91. The number of nitro groups is 1. The van der Waals surface area contributed by atoms with E-state index in [2.05, 4.69) is 20.6 Å². The van der Waals surface area contributed by atoms with Gasteiger partial charge in [0.1, 0.15) is 5.69 Å². The van der Waals surface area contributed by atoms with Crippen molar-refractivity contribution in [3.8, 4) is 5.88 Å². The van der Waals surface area contributed by atoms with Gasteiger partial charge < -0.3 is 15.4 Å². The van der Waals surface area contributed by atoms with Crippen LogP contribution in [0.3, 0.4) is 0 Å². The lowest BCUT2D eigenvalue weighted by Crippen LogP contribution is -2.23. The Labute approximate surface area is 173 Å². The SMILES string of the molecule is COc1ncccc1CNC(=O)c1ccc(NC(C)c2ccccn2)c([N+](=O)[O-])c1. The molecule has 0 aliphatic rings. The largest absolute Gasteiger partial charge is 0.481 e. The normalized spacial score (nSPS) is 11.4. The van der Waals surface area contributed by atoms with Gasteiger partial charge in [-0.2, -0.15) is 0 Å². The molecule has 2 aromatic heterocycles. The van der Waals surface area contributed by atoms with Crippen molar-refractivity contribution in [2.45, 2.75) is 19.5 Å². The Morgan fingerprint density at radius 3 is 2.67 bits per heavy atom. The Bertz CT molecular complexity index is 1040. The third-order valence-electron chi connectivity index (χ3n) is 4.44. The first-order valence-corrected chi connectivity index (χ1v) is 9.21. The van der Waals surface area contributed by atoms with E-state index < -0.39 is 10.8 Å². The monoisotopic (exact) mass is 407 g/mol. The average Bonchev–Trinajstić information content (AvgIpc) is 2.78. The average molecular weight is 407 g/mol. The van der Waals surface area contributed by atoms with Crippen LogP contribution in [-0.4, -0.2) is 27.9 Å². The molecule has 3 rings (SSSR count). The van der Waals surface area contributed by atoms with Crippen molar-refractivity contribution in [2.75, 3.05) is 12.4 Å². The molecule has 0 saturated heterocycles. The molecule has 0 spiro atoms. The number of nitrogens with one attached hydrogen (secondary N) is 2. The Morgan fingerprint density at radius 1 is 1.17 bits per heavy atom. The molecular weight excluding hydrogens is 386 g/mol. The Hall–Kier alpha value is -4.01. The maximum absolute atomic E-state index is 12.5. The smallest absolute Gasteiger partial charge is 0.293 e. The summed E-state index contributed by atoms with van der Waals surface area (Å²) in [5.74, 6) is -0.0276. The van der Waals surface area contributed by atoms with E-state index in [1.165, 1.54) is 25.3 Å². The highest BCUT2D eigenvalue weighted by atomic mass is 16.6. The minimum atomic E-state index is -0.519. The van der Waals surface area contributed by atoms with Gasteiger partial charge in [-0.1, -0.05) is 12.1 Å². The predicted octanol–water partition coefficient (Wildman–Crippen LogP) is 3.50. The molecule has 30 heavy (non-hydrogen) atoms. The minimum absolute atomic E-state index is 0.181. The van der Waals surface area contributed by atoms with Gasteiger partial charge in [-0.25, -0.2) is 4.98 Å². The third-order valence-corrected chi connectivity index (χ3v) is 4.44. The lowest BCUT2D eigenvalue weighted by molar-refractivity contribution is -0.384. The molecule has 2 heterocycles. The lowest BCUT2D eigenvalue weighted by Gasteiger charge is -2.15. The maximum atomic E-state index is 12.5. The van der Waals surface area contributed by atoms with E-state index in [4.69, 9.17) is 4.74 Å². The number of benzene rings is 1. The first-order valence-electron chi connectivity index (χ1n) is 9.21. The number of nitrogens with zero attached hydrogens (tertiary/aromatic N) is 3. The highest BCUT2D eigenvalue weighted by Crippen LogP contribution is 2.29. The van der Waals surface area contributed by atoms with Gasteiger partial charge in [0.05, 0.1) is 23.8 Å². The number of hydrogen-bond acceptors (Lipinski definition) is 7. The number of nitro benzene ring substituents is 1. The summed E-state index contributed by atoms with van der Waals surface area (Å²) in [7, 11) is 1.49. The van der Waals surface area contributed by atoms with E-state index >= 15 is 0 Å². The molecule has 0 aliphatic carbocycles. The van der Waals surface area contributed by atoms with Crippen molar-refractivity contribution >= 4 is 17.3 Å². The molecule has 9 nitrogen and oxygen atoms in total. The highest BCUT2D eigenvalue weighted by Gasteiger charge is 2.20. The fourth-order valence-corrected chi connectivity index (χ4v) is 2.91. The van der Waals surface area contributed by atoms with Gasteiger partial charge in [-0.3, -0.25) is 19.9 Å². The zero-order valence-electron chi connectivity index (χ0n) is 16.5. The molecule has 1 amide bonds. The molecule has 0 fully saturated rings. The van der Waals surface area contributed by atoms with Crippen molar-refractivity contribution in [2.24, 2.45) is 0 Å². The van der Waals surface area contributed by atoms with Gasteiger partial charge in [0, 0.05) is 36.1 Å². The molecule has 0 bridgehead atoms. The highest BCUT2D eigenvalue weighted by molar-refractivity contribution is 5.95. The topological polar surface area (TPSA) is 119 Å². The Balaban J connectivity index is 1.75. The standard InChI is InChI=1S/C21H21N5O4/c1-14(17-7-3-4-10-22-17)25-18-9-8-15(12-19(18)26(28)29)20(27)24-13-16-6-5-11-23-21(16)30-2/h3-12,14,25H,13H2,1-2H3,(H,24,27). The number of rotatable bonds is 8. The predicted molar refractivity (Wildman–Crippen MR) is 111 cm³/mol. The van der Waals surface area contributed by atoms with Crippen LogP contribution < -0.4 is 15.4 Å². The van der Waals surface area contributed by atoms with Crippen molar-refractivity contribution < 1.29 is 14.5 Å². The quantitative estimate of drug-likeness (QED) is 0.433. The zero-order valence-corrected chi connectivity index (χ0v) is 16.5. The lowest BCUT2D eigenvalue weighted by atomic mass is 10.1. The summed E-state index contributed by atoms with van der Waals surface area (Å²) in [6.45, 7) is 2.04. The summed E-state index contributed by atoms with van der Waals surface area (Å²) >= 11 is 0. The van der Waals surface area contributed by atoms with E-state index in [0.29, 0.717) is 17.1 Å². The number of amides is 1. The first kappa shape index (κ1) is 20.7. The molecule has 0 radical (unpaired) electrons. The second-order valence-electron chi connectivity index (χ2n) is 6.46. The Morgan fingerprint density at radius 2 is 1.97 bits per heavy atom. The number of carbonyl (C=O) groups is 1. The van der Waals surface area contributed by atoms with Crippen LogP contribution in [0.25, 0.3) is 0 Å². The van der Waals surface area contributed by atoms with E-state index in [-0.39, 0.29) is 23.8 Å². The number of anilines is 1. The molecular formula is C21H21N5O4. The van der Waals surface area contributed by atoms with E-state index in [1.54, 1.807) is 30.6 Å². The minimum Gasteiger partial charge on any atom is -0.481 e. The first-order chi connectivity index (χ1) is 14.5. The van der Waals surface area contributed by atoms with E-state index in [9.17, 15) is 14.9 Å². The summed E-state index contributed by atoms with van der Waals surface area (Å²) in [5.41, 5.74) is 1.75. The van der Waals surface area contributed by atoms with Gasteiger partial charge in [0.2, 0.25) is 5.88 Å². The molecule has 0 saturated carbocycles. The molecule has 9 heteroatoms. The van der Waals surface area contributed by atoms with Crippen LogP contribution in [0.1, 0.15) is 34.6 Å². The van der Waals surface area contributed by atoms with Crippen molar-refractivity contribution in [3.63, 3.8) is 0 Å². The number of hydrogen-bond donors (Lipinski definition) is 2. The summed E-state index contributed by atoms with van der Waals surface area (Å²) < 4.78 is 5.16. The second kappa shape index (κ2) is 9.46. The Kier molecular flexibility index (Phi) is 6.53. The molecule has 1 aromatic carbocycles. The van der Waals surface area contributed by atoms with E-state index in [0.717, 1.165) is 5.69 Å². The summed E-state index contributed by atoms with van der Waals surface area (Å²) in [4.78, 5) is 31.9. The number of aromatic nitrogens is 2. The number of carbonyl (C=O) groups excluding carboxylic acids is 1. The summed E-state index contributed by atoms with van der Waals surface area (Å²) in [6.07, 6.45) is 3.25. The zero-order chi connectivity index (χ0) is 21.5. The summed E-state index contributed by atoms with van der Waals surface area (Å²) in [5, 5.41) is 17.4. The van der Waals surface area contributed by atoms with Gasteiger partial charge in [0.15, 0.2) is 0 Å². The fraction of sp³-hybridized carbons (Fsp3) is 0.190. The number of ether oxygens (including phenoxy) is 1. The summed E-state index contributed by atoms with van der Waals surface area (Å²) in [6, 6.07) is 13.1. The van der Waals surface area contributed by atoms with Crippen LogP contribution in [0, 0.1) is 10.1 Å². The van der Waals surface area contributed by atoms with Gasteiger partial charge in [-0.05, 0) is 37.3 Å². The van der Waals surface area contributed by atoms with Crippen LogP contribution >= 0.6 is 0 Å². The van der Waals surface area contributed by atoms with Gasteiger partial charge in [-0.15, -0.1) is 0 Å². The van der Waals surface area contributed by atoms with Gasteiger partial charge in [0.25, 0.3) is 11.6 Å². The molecule has 154 valence electrons. The van der Waals surface area contributed by atoms with Crippen LogP contribution in [0.4, 0.5) is 11.4 Å². The van der Waals surface area contributed by atoms with Crippen LogP contribution in [0.15, 0.2) is 60.9 Å². The molecule has 2 N–H and O–H groups in total. The van der Waals surface area contributed by atoms with Crippen LogP contribution in [0.2, 0.25) is 0 Å². The van der Waals surface area contributed by atoms with Crippen molar-refractivity contribution in [3.05, 3.63) is 87.9 Å².